The van der Waals surface area contributed by atoms with Gasteiger partial charge in [-0.05, 0) is 36.2 Å². The van der Waals surface area contributed by atoms with E-state index in [9.17, 15) is 4.79 Å². The van der Waals surface area contributed by atoms with E-state index >= 15 is 0 Å². The van der Waals surface area contributed by atoms with Crippen LogP contribution in [0.2, 0.25) is 0 Å². The fraction of sp³-hybridized carbons (Fsp3) is 0.200. The van der Waals surface area contributed by atoms with Crippen molar-refractivity contribution in [1.82, 2.24) is 4.98 Å². The molecule has 0 unspecified atom stereocenters. The van der Waals surface area contributed by atoms with Crippen LogP contribution in [0.1, 0.15) is 11.1 Å². The highest BCUT2D eigenvalue weighted by atomic mass is 32.2. The topological polar surface area (TPSA) is 68.0 Å². The normalized spacial score (nSPS) is 10.2. The Morgan fingerprint density at radius 1 is 1.35 bits per heavy atom. The van der Waals surface area contributed by atoms with Gasteiger partial charge < -0.3 is 11.1 Å². The van der Waals surface area contributed by atoms with Crippen molar-refractivity contribution in [1.29, 1.82) is 0 Å². The van der Waals surface area contributed by atoms with Gasteiger partial charge in [0.2, 0.25) is 5.91 Å². The summed E-state index contributed by atoms with van der Waals surface area (Å²) in [5.41, 5.74) is 8.55. The minimum Gasteiger partial charge on any atom is -0.380 e. The third kappa shape index (κ3) is 3.99. The number of carbonyl (C=O) groups excluding carboxylic acids is 1. The molecule has 2 aromatic rings. The first-order valence-electron chi connectivity index (χ1n) is 6.30. The van der Waals surface area contributed by atoms with Gasteiger partial charge in [0.05, 0.1) is 5.75 Å². The average molecular weight is 287 g/mol. The molecule has 5 heteroatoms. The van der Waals surface area contributed by atoms with E-state index in [-0.39, 0.29) is 11.7 Å². The molecule has 2 rings (SSSR count). The number of nitrogens with one attached hydrogen (secondary N) is 1. The molecule has 0 aliphatic heterocycles. The molecule has 0 spiro atoms. The van der Waals surface area contributed by atoms with Crippen LogP contribution in [0.4, 0.5) is 5.69 Å². The predicted molar refractivity (Wildman–Crippen MR) is 82.7 cm³/mol. The van der Waals surface area contributed by atoms with Crippen molar-refractivity contribution in [3.05, 3.63) is 53.9 Å². The number of amides is 1. The highest BCUT2D eigenvalue weighted by Crippen LogP contribution is 2.27. The number of aryl methyl sites for hydroxylation is 1. The zero-order valence-electron chi connectivity index (χ0n) is 11.3. The number of hydrogen-bond acceptors (Lipinski definition) is 4. The van der Waals surface area contributed by atoms with E-state index in [0.29, 0.717) is 6.54 Å². The molecule has 1 heterocycles. The predicted octanol–water partition coefficient (Wildman–Crippen LogP) is 2.58. The molecule has 104 valence electrons. The van der Waals surface area contributed by atoms with Crippen LogP contribution in [0, 0.1) is 6.92 Å². The number of para-hydroxylation sites is 1. The number of nitrogens with two attached hydrogens (primary N) is 1. The number of pyridine rings is 1. The molecule has 0 atom stereocenters. The summed E-state index contributed by atoms with van der Waals surface area (Å²) >= 11 is 1.44. The smallest absolute Gasteiger partial charge is 0.227 e. The van der Waals surface area contributed by atoms with Gasteiger partial charge in [-0.3, -0.25) is 9.78 Å². The highest BCUT2D eigenvalue weighted by Gasteiger charge is 2.05. The molecule has 0 saturated carbocycles. The van der Waals surface area contributed by atoms with Gasteiger partial charge in [-0.15, -0.1) is 11.8 Å². The van der Waals surface area contributed by atoms with Gasteiger partial charge in [-0.25, -0.2) is 0 Å². The molecule has 4 nitrogen and oxygen atoms in total. The number of primary amides is 1. The number of thioether (sulfide) groups is 1. The molecule has 0 aliphatic rings. The summed E-state index contributed by atoms with van der Waals surface area (Å²) in [4.78, 5) is 16.0. The SMILES string of the molecule is Cc1ccncc1CNc1ccccc1SCC(N)=O. The molecule has 0 fully saturated rings. The Kier molecular flexibility index (Phi) is 5.01. The van der Waals surface area contributed by atoms with Crippen molar-refractivity contribution >= 4 is 23.4 Å². The first-order chi connectivity index (χ1) is 9.66. The molecule has 1 aromatic carbocycles. The van der Waals surface area contributed by atoms with Crippen LogP contribution in [-0.2, 0) is 11.3 Å². The Morgan fingerprint density at radius 2 is 2.15 bits per heavy atom. The van der Waals surface area contributed by atoms with E-state index in [1.165, 1.54) is 17.3 Å². The summed E-state index contributed by atoms with van der Waals surface area (Å²) in [5.74, 6) is -0.0298. The Hall–Kier alpha value is -2.01. The standard InChI is InChI=1S/C15H17N3OS/c1-11-6-7-17-8-12(11)9-18-13-4-2-3-5-14(13)20-10-15(16)19/h2-8,18H,9-10H2,1H3,(H2,16,19). The number of nitrogens with zero attached hydrogens (tertiary/aromatic N) is 1. The fourth-order valence-corrected chi connectivity index (χ4v) is 2.53. The Balaban J connectivity index is 2.06. The lowest BCUT2D eigenvalue weighted by Gasteiger charge is -2.12. The molecule has 0 radical (unpaired) electrons. The van der Waals surface area contributed by atoms with Crippen LogP contribution >= 0.6 is 11.8 Å². The summed E-state index contributed by atoms with van der Waals surface area (Å²) in [7, 11) is 0. The number of anilines is 1. The van der Waals surface area contributed by atoms with Crippen LogP contribution in [0.5, 0.6) is 0 Å². The molecular weight excluding hydrogens is 270 g/mol. The van der Waals surface area contributed by atoms with Crippen molar-refractivity contribution in [3.8, 4) is 0 Å². The second-order valence-corrected chi connectivity index (χ2v) is 5.42. The maximum Gasteiger partial charge on any atom is 0.227 e. The Morgan fingerprint density at radius 3 is 2.90 bits per heavy atom. The number of benzene rings is 1. The zero-order chi connectivity index (χ0) is 14.4. The van der Waals surface area contributed by atoms with Crippen molar-refractivity contribution < 1.29 is 4.79 Å². The zero-order valence-corrected chi connectivity index (χ0v) is 12.1. The Bertz CT molecular complexity index is 601. The first-order valence-corrected chi connectivity index (χ1v) is 7.29. The van der Waals surface area contributed by atoms with E-state index in [4.69, 9.17) is 5.73 Å². The summed E-state index contributed by atoms with van der Waals surface area (Å²) in [5, 5.41) is 3.38. The quantitative estimate of drug-likeness (QED) is 0.801. The largest absolute Gasteiger partial charge is 0.380 e. The third-order valence-electron chi connectivity index (χ3n) is 2.87. The lowest BCUT2D eigenvalue weighted by atomic mass is 10.1. The molecule has 1 aromatic heterocycles. The van der Waals surface area contributed by atoms with Gasteiger partial charge in [-0.2, -0.15) is 0 Å². The van der Waals surface area contributed by atoms with Gasteiger partial charge in [0, 0.05) is 29.5 Å². The van der Waals surface area contributed by atoms with Crippen LogP contribution in [0.25, 0.3) is 0 Å². The number of hydrogen-bond donors (Lipinski definition) is 2. The van der Waals surface area contributed by atoms with Crippen LogP contribution in [0.15, 0.2) is 47.6 Å². The number of aromatic nitrogens is 1. The van der Waals surface area contributed by atoms with Crippen molar-refractivity contribution in [3.63, 3.8) is 0 Å². The molecule has 0 saturated heterocycles. The van der Waals surface area contributed by atoms with Gasteiger partial charge in [0.25, 0.3) is 0 Å². The summed E-state index contributed by atoms with van der Waals surface area (Å²) in [6.45, 7) is 2.76. The van der Waals surface area contributed by atoms with E-state index < -0.39 is 0 Å². The highest BCUT2D eigenvalue weighted by molar-refractivity contribution is 8.00. The van der Waals surface area contributed by atoms with E-state index in [1.54, 1.807) is 6.20 Å². The van der Waals surface area contributed by atoms with E-state index in [0.717, 1.165) is 16.1 Å². The molecule has 0 aliphatic carbocycles. The van der Waals surface area contributed by atoms with Crippen molar-refractivity contribution in [2.75, 3.05) is 11.1 Å². The summed E-state index contributed by atoms with van der Waals surface area (Å²) in [6.07, 6.45) is 3.65. The van der Waals surface area contributed by atoms with Gasteiger partial charge in [-0.1, -0.05) is 12.1 Å². The van der Waals surface area contributed by atoms with Gasteiger partial charge in [0.1, 0.15) is 0 Å². The molecule has 1 amide bonds. The average Bonchev–Trinajstić information content (AvgIpc) is 2.45. The Labute approximate surface area is 122 Å². The van der Waals surface area contributed by atoms with Crippen LogP contribution in [-0.4, -0.2) is 16.6 Å². The minimum absolute atomic E-state index is 0.282. The molecule has 20 heavy (non-hydrogen) atoms. The van der Waals surface area contributed by atoms with E-state index in [2.05, 4.69) is 17.2 Å². The molecule has 3 N–H and O–H groups in total. The molecule has 0 bridgehead atoms. The summed E-state index contributed by atoms with van der Waals surface area (Å²) in [6, 6.07) is 9.88. The lowest BCUT2D eigenvalue weighted by Crippen LogP contribution is -2.13. The number of carbonyl (C=O) groups is 1. The second-order valence-electron chi connectivity index (χ2n) is 4.41. The second kappa shape index (κ2) is 6.96. The van der Waals surface area contributed by atoms with Gasteiger partial charge in [0.15, 0.2) is 0 Å². The fourth-order valence-electron chi connectivity index (χ4n) is 1.76. The summed E-state index contributed by atoms with van der Waals surface area (Å²) < 4.78 is 0. The van der Waals surface area contributed by atoms with E-state index in [1.807, 2.05) is 36.5 Å². The monoisotopic (exact) mass is 287 g/mol. The van der Waals surface area contributed by atoms with Crippen LogP contribution < -0.4 is 11.1 Å². The van der Waals surface area contributed by atoms with Crippen LogP contribution in [0.3, 0.4) is 0 Å². The van der Waals surface area contributed by atoms with Crippen molar-refractivity contribution in [2.24, 2.45) is 5.73 Å². The first kappa shape index (κ1) is 14.4. The third-order valence-corrected chi connectivity index (χ3v) is 3.97. The van der Waals surface area contributed by atoms with Gasteiger partial charge >= 0.3 is 0 Å². The lowest BCUT2D eigenvalue weighted by molar-refractivity contribution is -0.115. The minimum atomic E-state index is -0.312. The maximum atomic E-state index is 10.9. The molecular formula is C15H17N3OS. The maximum absolute atomic E-state index is 10.9. The van der Waals surface area contributed by atoms with Crippen molar-refractivity contribution in [2.45, 2.75) is 18.4 Å². The number of rotatable bonds is 6.